The highest BCUT2D eigenvalue weighted by atomic mass is 16.3. The lowest BCUT2D eigenvalue weighted by Gasteiger charge is -2.34. The van der Waals surface area contributed by atoms with E-state index in [2.05, 4.69) is 39.5 Å². The van der Waals surface area contributed by atoms with Gasteiger partial charge in [0.15, 0.2) is 0 Å². The highest BCUT2D eigenvalue weighted by Gasteiger charge is 2.21. The second kappa shape index (κ2) is 5.10. The maximum atomic E-state index is 9.68. The molecule has 2 heterocycles. The molecule has 96 valence electrons. The molecule has 1 aromatic heterocycles. The number of rotatable bonds is 3. The van der Waals surface area contributed by atoms with Gasteiger partial charge in [-0.05, 0) is 29.1 Å². The Morgan fingerprint density at radius 2 is 2.06 bits per heavy atom. The number of hydrogen-bond acceptors (Lipinski definition) is 3. The molecule has 4 heteroatoms. The molecule has 0 spiro atoms. The Balaban J connectivity index is 1.89. The van der Waals surface area contributed by atoms with Crippen LogP contribution in [0.1, 0.15) is 11.6 Å². The molecular weight excluding hydrogens is 226 g/mol. The normalized spacial score (nSPS) is 19.2. The average molecular weight is 245 g/mol. The summed E-state index contributed by atoms with van der Waals surface area (Å²) in [6.07, 6.45) is 1.95. The van der Waals surface area contributed by atoms with Gasteiger partial charge in [-0.2, -0.15) is 0 Å². The Labute approximate surface area is 107 Å². The van der Waals surface area contributed by atoms with Crippen LogP contribution in [0.25, 0.3) is 10.9 Å². The zero-order valence-electron chi connectivity index (χ0n) is 10.4. The fourth-order valence-corrected chi connectivity index (χ4v) is 2.70. The van der Waals surface area contributed by atoms with Gasteiger partial charge < -0.3 is 15.4 Å². The topological polar surface area (TPSA) is 51.3 Å². The number of aliphatic hydroxyl groups is 1. The van der Waals surface area contributed by atoms with Crippen molar-refractivity contribution >= 4 is 10.9 Å². The maximum absolute atomic E-state index is 9.68. The van der Waals surface area contributed by atoms with Crippen molar-refractivity contribution < 1.29 is 5.11 Å². The van der Waals surface area contributed by atoms with Gasteiger partial charge in [-0.1, -0.05) is 6.07 Å². The van der Waals surface area contributed by atoms with E-state index in [1.807, 2.05) is 6.20 Å². The van der Waals surface area contributed by atoms with Gasteiger partial charge in [-0.3, -0.25) is 4.90 Å². The van der Waals surface area contributed by atoms with Gasteiger partial charge in [-0.15, -0.1) is 0 Å². The molecule has 1 atom stereocenters. The van der Waals surface area contributed by atoms with E-state index in [4.69, 9.17) is 0 Å². The van der Waals surface area contributed by atoms with Crippen LogP contribution in [0.2, 0.25) is 0 Å². The molecule has 0 unspecified atom stereocenters. The standard InChI is InChI=1S/C14H19N3O/c18-10-14(17-7-5-15-6-8-17)12-1-2-13-11(9-12)3-4-16-13/h1-4,9,14-16,18H,5-8,10H2/t14-/m1/s1. The molecule has 1 aliphatic heterocycles. The summed E-state index contributed by atoms with van der Waals surface area (Å²) < 4.78 is 0. The zero-order chi connectivity index (χ0) is 12.4. The summed E-state index contributed by atoms with van der Waals surface area (Å²) >= 11 is 0. The van der Waals surface area contributed by atoms with Crippen LogP contribution in [0.4, 0.5) is 0 Å². The number of benzene rings is 1. The molecule has 1 aromatic carbocycles. The minimum Gasteiger partial charge on any atom is -0.394 e. The number of aliphatic hydroxyl groups excluding tert-OH is 1. The number of aromatic amines is 1. The van der Waals surface area contributed by atoms with Gasteiger partial charge in [0, 0.05) is 37.9 Å². The summed E-state index contributed by atoms with van der Waals surface area (Å²) in [6.45, 7) is 4.18. The number of H-pyrrole nitrogens is 1. The van der Waals surface area contributed by atoms with Crippen molar-refractivity contribution in [1.82, 2.24) is 15.2 Å². The van der Waals surface area contributed by atoms with Crippen molar-refractivity contribution in [2.45, 2.75) is 6.04 Å². The SMILES string of the molecule is OC[C@H](c1ccc2[nH]ccc2c1)N1CCNCC1. The molecule has 3 rings (SSSR count). The molecule has 2 aromatic rings. The van der Waals surface area contributed by atoms with E-state index >= 15 is 0 Å². The van der Waals surface area contributed by atoms with Gasteiger partial charge in [0.05, 0.1) is 12.6 Å². The lowest BCUT2D eigenvalue weighted by molar-refractivity contribution is 0.111. The molecule has 0 amide bonds. The van der Waals surface area contributed by atoms with Crippen molar-refractivity contribution in [2.24, 2.45) is 0 Å². The summed E-state index contributed by atoms with van der Waals surface area (Å²) in [5, 5.41) is 14.2. The van der Waals surface area contributed by atoms with Crippen LogP contribution in [0, 0.1) is 0 Å². The van der Waals surface area contributed by atoms with Gasteiger partial charge in [-0.25, -0.2) is 0 Å². The third-order valence-electron chi connectivity index (χ3n) is 3.73. The van der Waals surface area contributed by atoms with E-state index in [1.54, 1.807) is 0 Å². The second-order valence-electron chi connectivity index (χ2n) is 4.81. The number of nitrogens with zero attached hydrogens (tertiary/aromatic N) is 1. The Morgan fingerprint density at radius 1 is 1.22 bits per heavy atom. The molecule has 1 aliphatic rings. The van der Waals surface area contributed by atoms with Crippen molar-refractivity contribution in [3.05, 3.63) is 36.0 Å². The largest absolute Gasteiger partial charge is 0.394 e. The Kier molecular flexibility index (Phi) is 3.32. The van der Waals surface area contributed by atoms with Crippen LogP contribution in [-0.4, -0.2) is 47.8 Å². The molecule has 0 aliphatic carbocycles. The van der Waals surface area contributed by atoms with Gasteiger partial charge >= 0.3 is 0 Å². The molecule has 18 heavy (non-hydrogen) atoms. The summed E-state index contributed by atoms with van der Waals surface area (Å²) in [6, 6.07) is 8.57. The van der Waals surface area contributed by atoms with E-state index in [0.717, 1.165) is 31.7 Å². The first kappa shape index (κ1) is 11.7. The Hall–Kier alpha value is -1.36. The van der Waals surface area contributed by atoms with Crippen molar-refractivity contribution in [3.63, 3.8) is 0 Å². The summed E-state index contributed by atoms with van der Waals surface area (Å²) in [5.41, 5.74) is 2.35. The Morgan fingerprint density at radius 3 is 2.83 bits per heavy atom. The van der Waals surface area contributed by atoms with Crippen molar-refractivity contribution in [2.75, 3.05) is 32.8 Å². The highest BCUT2D eigenvalue weighted by molar-refractivity contribution is 5.80. The molecule has 0 radical (unpaired) electrons. The highest BCUT2D eigenvalue weighted by Crippen LogP contribution is 2.24. The van der Waals surface area contributed by atoms with Crippen LogP contribution in [0.5, 0.6) is 0 Å². The summed E-state index contributed by atoms with van der Waals surface area (Å²) in [5.74, 6) is 0. The number of nitrogens with one attached hydrogen (secondary N) is 2. The first-order valence-electron chi connectivity index (χ1n) is 6.51. The number of fused-ring (bicyclic) bond motifs is 1. The zero-order valence-corrected chi connectivity index (χ0v) is 10.4. The monoisotopic (exact) mass is 245 g/mol. The molecule has 1 saturated heterocycles. The quantitative estimate of drug-likeness (QED) is 0.759. The van der Waals surface area contributed by atoms with E-state index in [0.29, 0.717) is 0 Å². The molecule has 4 nitrogen and oxygen atoms in total. The molecule has 3 N–H and O–H groups in total. The fourth-order valence-electron chi connectivity index (χ4n) is 2.70. The molecule has 0 saturated carbocycles. The molecule has 1 fully saturated rings. The second-order valence-corrected chi connectivity index (χ2v) is 4.81. The number of piperazine rings is 1. The lowest BCUT2D eigenvalue weighted by atomic mass is 10.0. The van der Waals surface area contributed by atoms with Crippen LogP contribution in [0.15, 0.2) is 30.5 Å². The maximum Gasteiger partial charge on any atom is 0.0628 e. The predicted molar refractivity (Wildman–Crippen MR) is 72.6 cm³/mol. The van der Waals surface area contributed by atoms with Crippen LogP contribution >= 0.6 is 0 Å². The van der Waals surface area contributed by atoms with Gasteiger partial charge in [0.1, 0.15) is 0 Å². The van der Waals surface area contributed by atoms with E-state index < -0.39 is 0 Å². The third-order valence-corrected chi connectivity index (χ3v) is 3.73. The fraction of sp³-hybridized carbons (Fsp3) is 0.429. The van der Waals surface area contributed by atoms with Crippen molar-refractivity contribution in [3.8, 4) is 0 Å². The predicted octanol–water partition coefficient (Wildman–Crippen LogP) is 1.11. The lowest BCUT2D eigenvalue weighted by Crippen LogP contribution is -2.46. The van der Waals surface area contributed by atoms with Gasteiger partial charge in [0.25, 0.3) is 0 Å². The van der Waals surface area contributed by atoms with E-state index in [9.17, 15) is 5.11 Å². The minimum atomic E-state index is 0.117. The average Bonchev–Trinajstić information content (AvgIpc) is 2.88. The van der Waals surface area contributed by atoms with Crippen LogP contribution < -0.4 is 5.32 Å². The van der Waals surface area contributed by atoms with E-state index in [-0.39, 0.29) is 12.6 Å². The van der Waals surface area contributed by atoms with Crippen molar-refractivity contribution in [1.29, 1.82) is 0 Å². The third kappa shape index (κ3) is 2.14. The minimum absolute atomic E-state index is 0.117. The number of hydrogen-bond donors (Lipinski definition) is 3. The molecular formula is C14H19N3O. The van der Waals surface area contributed by atoms with Crippen LogP contribution in [-0.2, 0) is 0 Å². The first-order chi connectivity index (χ1) is 8.88. The Bertz CT molecular complexity index is 516. The number of aromatic nitrogens is 1. The summed E-state index contributed by atoms with van der Waals surface area (Å²) in [7, 11) is 0. The smallest absolute Gasteiger partial charge is 0.0628 e. The van der Waals surface area contributed by atoms with Gasteiger partial charge in [0.2, 0.25) is 0 Å². The summed E-state index contributed by atoms with van der Waals surface area (Å²) in [4.78, 5) is 5.55. The first-order valence-corrected chi connectivity index (χ1v) is 6.51. The van der Waals surface area contributed by atoms with E-state index in [1.165, 1.54) is 10.9 Å². The molecule has 0 bridgehead atoms. The van der Waals surface area contributed by atoms with Crippen LogP contribution in [0.3, 0.4) is 0 Å².